The third kappa shape index (κ3) is 2.70. The summed E-state index contributed by atoms with van der Waals surface area (Å²) in [6, 6.07) is 9.31. The van der Waals surface area contributed by atoms with E-state index in [2.05, 4.69) is 31.0 Å². The Morgan fingerprint density at radius 1 is 1.08 bits per heavy atom. The second-order valence-electron chi connectivity index (χ2n) is 7.05. The minimum Gasteiger partial charge on any atom is -0.507 e. The Balaban J connectivity index is 1.28. The molecule has 1 aromatic carbocycles. The van der Waals surface area contributed by atoms with Crippen molar-refractivity contribution in [2.24, 2.45) is 17.8 Å². The van der Waals surface area contributed by atoms with Gasteiger partial charge < -0.3 is 15.7 Å². The normalized spacial score (nSPS) is 23.6. The summed E-state index contributed by atoms with van der Waals surface area (Å²) in [6.45, 7) is 3.25. The van der Waals surface area contributed by atoms with E-state index in [1.165, 1.54) is 0 Å². The molecule has 7 nitrogen and oxygen atoms in total. The van der Waals surface area contributed by atoms with E-state index in [-0.39, 0.29) is 5.75 Å². The molecule has 2 aromatic heterocycles. The number of rotatable bonds is 5. The summed E-state index contributed by atoms with van der Waals surface area (Å²) in [5.74, 6) is 3.39. The number of phenols is 1. The summed E-state index contributed by atoms with van der Waals surface area (Å²) in [5.41, 5.74) is 3.15. The minimum absolute atomic E-state index is 0.178. The summed E-state index contributed by atoms with van der Waals surface area (Å²) in [5, 5.41) is 32.4. The van der Waals surface area contributed by atoms with Crippen LogP contribution in [0.2, 0.25) is 0 Å². The highest BCUT2D eigenvalue weighted by molar-refractivity contribution is 5.73. The summed E-state index contributed by atoms with van der Waals surface area (Å²) in [7, 11) is 0. The topological polar surface area (TPSA) is 98.8 Å². The first-order valence-corrected chi connectivity index (χ1v) is 8.90. The van der Waals surface area contributed by atoms with Crippen LogP contribution in [0.25, 0.3) is 22.4 Å². The molecular weight excluding hydrogens is 328 g/mol. The Morgan fingerprint density at radius 3 is 2.65 bits per heavy atom. The molecule has 1 aliphatic carbocycles. The standard InChI is InChI=1S/C19H20N6O/c26-18-5-11(12-6-22-23-7-12)1-2-13(18)17-3-4-19(25-24-17)21-10-16-14-8-20-9-15(14)16/h1-7,14-16,20,26H,8-10H2,(H,21,25)(H,22,23). The van der Waals surface area contributed by atoms with Gasteiger partial charge in [0.1, 0.15) is 11.6 Å². The van der Waals surface area contributed by atoms with Gasteiger partial charge in [0, 0.05) is 23.9 Å². The second kappa shape index (κ2) is 6.10. The van der Waals surface area contributed by atoms with Gasteiger partial charge in [0.25, 0.3) is 0 Å². The molecule has 5 rings (SSSR count). The van der Waals surface area contributed by atoms with Gasteiger partial charge in [-0.1, -0.05) is 6.07 Å². The van der Waals surface area contributed by atoms with Gasteiger partial charge in [-0.15, -0.1) is 10.2 Å². The van der Waals surface area contributed by atoms with Crippen molar-refractivity contribution >= 4 is 5.82 Å². The van der Waals surface area contributed by atoms with Crippen molar-refractivity contribution in [2.75, 3.05) is 25.0 Å². The molecule has 0 radical (unpaired) electrons. The number of phenolic OH excluding ortho intramolecular Hbond substituents is 1. The molecule has 3 aromatic rings. The summed E-state index contributed by atoms with van der Waals surface area (Å²) < 4.78 is 0. The van der Waals surface area contributed by atoms with Crippen LogP contribution in [-0.4, -0.2) is 45.1 Å². The summed E-state index contributed by atoms with van der Waals surface area (Å²) >= 11 is 0. The molecule has 132 valence electrons. The van der Waals surface area contributed by atoms with E-state index in [1.54, 1.807) is 18.5 Å². The lowest BCUT2D eigenvalue weighted by molar-refractivity contribution is 0.477. The van der Waals surface area contributed by atoms with Gasteiger partial charge >= 0.3 is 0 Å². The Hall–Kier alpha value is -2.93. The predicted molar refractivity (Wildman–Crippen MR) is 98.5 cm³/mol. The van der Waals surface area contributed by atoms with E-state index in [0.717, 1.165) is 54.3 Å². The summed E-state index contributed by atoms with van der Waals surface area (Å²) in [6.07, 6.45) is 3.51. The molecule has 2 aliphatic rings. The number of nitrogens with zero attached hydrogens (tertiary/aromatic N) is 3. The molecule has 0 amide bonds. The monoisotopic (exact) mass is 348 g/mol. The zero-order chi connectivity index (χ0) is 17.5. The lowest BCUT2D eigenvalue weighted by Gasteiger charge is -2.09. The van der Waals surface area contributed by atoms with Crippen molar-refractivity contribution in [1.29, 1.82) is 0 Å². The quantitative estimate of drug-likeness (QED) is 0.564. The highest BCUT2D eigenvalue weighted by Crippen LogP contribution is 2.48. The molecule has 4 N–H and O–H groups in total. The molecule has 2 atom stereocenters. The SMILES string of the molecule is Oc1cc(-c2cn[nH]c2)ccc1-c1ccc(NCC2C3CNCC32)nn1. The van der Waals surface area contributed by atoms with Crippen molar-refractivity contribution < 1.29 is 5.11 Å². The maximum Gasteiger partial charge on any atom is 0.148 e. The number of piperidine rings is 1. The van der Waals surface area contributed by atoms with Crippen LogP contribution in [0.4, 0.5) is 5.82 Å². The van der Waals surface area contributed by atoms with Gasteiger partial charge in [-0.3, -0.25) is 5.10 Å². The number of benzene rings is 1. The van der Waals surface area contributed by atoms with Gasteiger partial charge in [0.05, 0.1) is 11.9 Å². The van der Waals surface area contributed by atoms with Crippen molar-refractivity contribution in [3.05, 3.63) is 42.7 Å². The molecule has 0 bridgehead atoms. The molecule has 26 heavy (non-hydrogen) atoms. The number of fused-ring (bicyclic) bond motifs is 1. The van der Waals surface area contributed by atoms with Crippen molar-refractivity contribution in [3.63, 3.8) is 0 Å². The highest BCUT2D eigenvalue weighted by atomic mass is 16.3. The molecule has 3 heterocycles. The van der Waals surface area contributed by atoms with Gasteiger partial charge in [-0.2, -0.15) is 5.10 Å². The molecule has 7 heteroatoms. The Bertz CT molecular complexity index is 898. The van der Waals surface area contributed by atoms with Crippen LogP contribution in [0.3, 0.4) is 0 Å². The molecule has 0 spiro atoms. The maximum absolute atomic E-state index is 10.4. The number of anilines is 1. The maximum atomic E-state index is 10.4. The van der Waals surface area contributed by atoms with Gasteiger partial charge in [0.15, 0.2) is 0 Å². The average molecular weight is 348 g/mol. The number of nitrogens with one attached hydrogen (secondary N) is 3. The Labute approximate surface area is 150 Å². The van der Waals surface area contributed by atoms with Gasteiger partial charge in [-0.05, 0) is 60.7 Å². The van der Waals surface area contributed by atoms with Crippen LogP contribution in [-0.2, 0) is 0 Å². The van der Waals surface area contributed by atoms with E-state index < -0.39 is 0 Å². The van der Waals surface area contributed by atoms with E-state index in [1.807, 2.05) is 24.3 Å². The number of aromatic amines is 1. The van der Waals surface area contributed by atoms with Gasteiger partial charge in [0.2, 0.25) is 0 Å². The highest BCUT2D eigenvalue weighted by Gasteiger charge is 2.52. The predicted octanol–water partition coefficient (Wildman–Crippen LogP) is 2.12. The zero-order valence-corrected chi connectivity index (χ0v) is 14.2. The van der Waals surface area contributed by atoms with Crippen LogP contribution in [0.5, 0.6) is 5.75 Å². The number of hydrogen-bond acceptors (Lipinski definition) is 6. The van der Waals surface area contributed by atoms with Crippen molar-refractivity contribution in [1.82, 2.24) is 25.7 Å². The first-order chi connectivity index (χ1) is 12.8. The fourth-order valence-corrected chi connectivity index (χ4v) is 3.98. The van der Waals surface area contributed by atoms with E-state index in [0.29, 0.717) is 11.3 Å². The second-order valence-corrected chi connectivity index (χ2v) is 7.05. The average Bonchev–Trinajstić information content (AvgIpc) is 3.09. The van der Waals surface area contributed by atoms with E-state index in [9.17, 15) is 5.11 Å². The van der Waals surface area contributed by atoms with Crippen LogP contribution < -0.4 is 10.6 Å². The van der Waals surface area contributed by atoms with Crippen molar-refractivity contribution in [2.45, 2.75) is 0 Å². The number of aromatic nitrogens is 4. The smallest absolute Gasteiger partial charge is 0.148 e. The Kier molecular flexibility index (Phi) is 3.60. The van der Waals surface area contributed by atoms with E-state index in [4.69, 9.17) is 0 Å². The molecule has 1 aliphatic heterocycles. The largest absolute Gasteiger partial charge is 0.507 e. The Morgan fingerprint density at radius 2 is 1.96 bits per heavy atom. The molecule has 2 fully saturated rings. The zero-order valence-electron chi connectivity index (χ0n) is 14.2. The molecule has 1 saturated heterocycles. The van der Waals surface area contributed by atoms with Crippen molar-refractivity contribution in [3.8, 4) is 28.1 Å². The molecule has 2 unspecified atom stereocenters. The third-order valence-electron chi connectivity index (χ3n) is 5.56. The van der Waals surface area contributed by atoms with Crippen LogP contribution >= 0.6 is 0 Å². The number of aromatic hydroxyl groups is 1. The van der Waals surface area contributed by atoms with Crippen LogP contribution in [0.15, 0.2) is 42.7 Å². The number of hydrogen-bond donors (Lipinski definition) is 4. The van der Waals surface area contributed by atoms with Gasteiger partial charge in [-0.25, -0.2) is 0 Å². The minimum atomic E-state index is 0.178. The first-order valence-electron chi connectivity index (χ1n) is 8.90. The lowest BCUT2D eigenvalue weighted by atomic mass is 10.0. The lowest BCUT2D eigenvalue weighted by Crippen LogP contribution is -2.18. The fourth-order valence-electron chi connectivity index (χ4n) is 3.98. The van der Waals surface area contributed by atoms with Crippen LogP contribution in [0.1, 0.15) is 0 Å². The summed E-state index contributed by atoms with van der Waals surface area (Å²) in [4.78, 5) is 0. The number of H-pyrrole nitrogens is 1. The fraction of sp³-hybridized carbons (Fsp3) is 0.316. The van der Waals surface area contributed by atoms with Crippen LogP contribution in [0, 0.1) is 17.8 Å². The first kappa shape index (κ1) is 15.3. The molecule has 1 saturated carbocycles. The molecular formula is C19H20N6O. The van der Waals surface area contributed by atoms with E-state index >= 15 is 0 Å². The third-order valence-corrected chi connectivity index (χ3v) is 5.56.